The highest BCUT2D eigenvalue weighted by molar-refractivity contribution is 5.35. The normalized spacial score (nSPS) is 11.2. The van der Waals surface area contributed by atoms with E-state index in [4.69, 9.17) is 28.4 Å². The molecule has 1 aromatic rings. The molecule has 0 amide bonds. The van der Waals surface area contributed by atoms with Gasteiger partial charge in [-0.05, 0) is 18.6 Å². The van der Waals surface area contributed by atoms with E-state index in [1.165, 1.54) is 89.2 Å². The largest absolute Gasteiger partial charge is 0.491 e. The third-order valence-electron chi connectivity index (χ3n) is 6.42. The van der Waals surface area contributed by atoms with Crippen molar-refractivity contribution in [2.24, 2.45) is 0 Å². The highest BCUT2D eigenvalue weighted by atomic mass is 16.6. The molecule has 1 rings (SSSR count). The van der Waals surface area contributed by atoms with E-state index in [2.05, 4.69) is 6.92 Å². The average molecular weight is 570 g/mol. The second-order valence-corrected chi connectivity index (χ2v) is 9.90. The fraction of sp³-hybridized carbons (Fsp3) is 0.806. The smallest absolute Gasteiger partial charge is 0.269 e. The van der Waals surface area contributed by atoms with Gasteiger partial charge in [-0.15, -0.1) is 0 Å². The summed E-state index contributed by atoms with van der Waals surface area (Å²) in [7, 11) is 0. The molecule has 0 bridgehead atoms. The molecule has 0 radical (unpaired) electrons. The van der Waals surface area contributed by atoms with Crippen LogP contribution in [0.2, 0.25) is 0 Å². The predicted molar refractivity (Wildman–Crippen MR) is 158 cm³/mol. The first-order chi connectivity index (χ1) is 19.7. The van der Waals surface area contributed by atoms with Crippen LogP contribution in [0.3, 0.4) is 0 Å². The van der Waals surface area contributed by atoms with E-state index in [1.54, 1.807) is 12.1 Å². The molecule has 1 aromatic carbocycles. The van der Waals surface area contributed by atoms with Gasteiger partial charge in [0.05, 0.1) is 64.4 Å². The van der Waals surface area contributed by atoms with E-state index in [0.29, 0.717) is 71.8 Å². The lowest BCUT2D eigenvalue weighted by Gasteiger charge is -2.09. The summed E-state index contributed by atoms with van der Waals surface area (Å²) in [5.41, 5.74) is 0.0393. The lowest BCUT2D eigenvalue weighted by molar-refractivity contribution is -0.384. The van der Waals surface area contributed by atoms with Gasteiger partial charge in [-0.1, -0.05) is 84.0 Å². The molecule has 232 valence electrons. The van der Waals surface area contributed by atoms with Crippen molar-refractivity contribution >= 4 is 5.69 Å². The summed E-state index contributed by atoms with van der Waals surface area (Å²) in [6.07, 6.45) is 17.7. The molecule has 0 heterocycles. The van der Waals surface area contributed by atoms with E-state index in [1.807, 2.05) is 0 Å². The van der Waals surface area contributed by atoms with Crippen LogP contribution in [0.4, 0.5) is 5.69 Å². The van der Waals surface area contributed by atoms with Gasteiger partial charge in [-0.3, -0.25) is 10.1 Å². The van der Waals surface area contributed by atoms with Crippen molar-refractivity contribution in [3.63, 3.8) is 0 Å². The molecule has 9 nitrogen and oxygen atoms in total. The van der Waals surface area contributed by atoms with Crippen LogP contribution in [-0.2, 0) is 23.7 Å². The number of nitrogens with zero attached hydrogens (tertiary/aromatic N) is 1. The van der Waals surface area contributed by atoms with Crippen molar-refractivity contribution in [1.29, 1.82) is 0 Å². The Morgan fingerprint density at radius 3 is 1.25 bits per heavy atom. The molecule has 9 heteroatoms. The molecule has 0 N–H and O–H groups in total. The Bertz CT molecular complexity index is 674. The summed E-state index contributed by atoms with van der Waals surface area (Å²) in [5.74, 6) is 0.573. The van der Waals surface area contributed by atoms with Crippen LogP contribution in [0.25, 0.3) is 0 Å². The predicted octanol–water partition coefficient (Wildman–Crippen LogP) is 7.15. The highest BCUT2D eigenvalue weighted by Crippen LogP contribution is 2.17. The zero-order valence-corrected chi connectivity index (χ0v) is 25.0. The maximum Gasteiger partial charge on any atom is 0.269 e. The van der Waals surface area contributed by atoms with Crippen molar-refractivity contribution in [1.82, 2.24) is 0 Å². The van der Waals surface area contributed by atoms with Crippen LogP contribution >= 0.6 is 0 Å². The van der Waals surface area contributed by atoms with Gasteiger partial charge in [0.15, 0.2) is 0 Å². The summed E-state index contributed by atoms with van der Waals surface area (Å²) in [6, 6.07) is 5.96. The van der Waals surface area contributed by atoms with Crippen molar-refractivity contribution in [2.75, 3.05) is 72.7 Å². The monoisotopic (exact) mass is 569 g/mol. The molecular formula is C31H55NO8. The molecule has 0 aliphatic heterocycles. The quantitative estimate of drug-likeness (QED) is 0.0528. The molecule has 40 heavy (non-hydrogen) atoms. The zero-order valence-electron chi connectivity index (χ0n) is 25.0. The lowest BCUT2D eigenvalue weighted by Crippen LogP contribution is -2.14. The van der Waals surface area contributed by atoms with Crippen LogP contribution in [0.5, 0.6) is 5.75 Å². The number of hydrogen-bond donors (Lipinski definition) is 0. The molecular weight excluding hydrogens is 514 g/mol. The molecule has 0 aliphatic rings. The Balaban J connectivity index is 1.67. The zero-order chi connectivity index (χ0) is 28.8. The second kappa shape index (κ2) is 28.7. The first kappa shape index (κ1) is 36.2. The summed E-state index contributed by atoms with van der Waals surface area (Å²) in [5, 5.41) is 10.6. The minimum Gasteiger partial charge on any atom is -0.491 e. The molecule has 0 saturated heterocycles. The maximum absolute atomic E-state index is 10.6. The molecule has 0 saturated carbocycles. The number of hydrogen-bond acceptors (Lipinski definition) is 8. The Morgan fingerprint density at radius 1 is 0.500 bits per heavy atom. The number of nitro groups is 1. The third-order valence-corrected chi connectivity index (χ3v) is 6.42. The number of non-ortho nitro benzene ring substituents is 1. The van der Waals surface area contributed by atoms with Crippen molar-refractivity contribution in [3.05, 3.63) is 34.4 Å². The van der Waals surface area contributed by atoms with E-state index in [0.717, 1.165) is 13.0 Å². The second-order valence-electron chi connectivity index (χ2n) is 9.90. The number of nitro benzene ring substituents is 1. The van der Waals surface area contributed by atoms with E-state index >= 15 is 0 Å². The standard InChI is InChI=1S/C31H55NO8/c1-2-3-4-5-6-7-8-9-10-11-12-13-14-19-35-20-21-36-22-23-37-24-25-38-26-27-39-28-29-40-31-17-15-30(16-18-31)32(33)34/h15-18H,2-14,19-29H2,1H3. The van der Waals surface area contributed by atoms with Gasteiger partial charge in [0.1, 0.15) is 12.4 Å². The first-order valence-electron chi connectivity index (χ1n) is 15.5. The van der Waals surface area contributed by atoms with Crippen molar-refractivity contribution < 1.29 is 33.3 Å². The van der Waals surface area contributed by atoms with Crippen LogP contribution in [-0.4, -0.2) is 77.6 Å². The van der Waals surface area contributed by atoms with Gasteiger partial charge < -0.3 is 28.4 Å². The van der Waals surface area contributed by atoms with Gasteiger partial charge in [-0.25, -0.2) is 0 Å². The van der Waals surface area contributed by atoms with E-state index in [-0.39, 0.29) is 5.69 Å². The number of rotatable bonds is 31. The maximum atomic E-state index is 10.6. The number of benzene rings is 1. The molecule has 0 aromatic heterocycles. The minimum atomic E-state index is -0.440. The Labute approximate surface area is 242 Å². The molecule has 0 unspecified atom stereocenters. The van der Waals surface area contributed by atoms with Gasteiger partial charge in [0.2, 0.25) is 0 Å². The molecule has 0 spiro atoms. The van der Waals surface area contributed by atoms with E-state index in [9.17, 15) is 10.1 Å². The SMILES string of the molecule is CCCCCCCCCCCCCCCOCCOCCOCCOCCOCCOc1ccc([N+](=O)[O-])cc1. The highest BCUT2D eigenvalue weighted by Gasteiger charge is 2.04. The Kier molecular flexibility index (Phi) is 26.0. The van der Waals surface area contributed by atoms with Crippen LogP contribution < -0.4 is 4.74 Å². The van der Waals surface area contributed by atoms with Crippen LogP contribution in [0.1, 0.15) is 90.4 Å². The van der Waals surface area contributed by atoms with E-state index < -0.39 is 4.92 Å². The first-order valence-corrected chi connectivity index (χ1v) is 15.5. The van der Waals surface area contributed by atoms with Gasteiger partial charge in [0.25, 0.3) is 5.69 Å². The molecule has 0 atom stereocenters. The molecule has 0 fully saturated rings. The minimum absolute atomic E-state index is 0.0393. The summed E-state index contributed by atoms with van der Waals surface area (Å²) in [6.45, 7) is 8.18. The fourth-order valence-electron chi connectivity index (χ4n) is 4.09. The van der Waals surface area contributed by atoms with Gasteiger partial charge in [0, 0.05) is 18.7 Å². The fourth-order valence-corrected chi connectivity index (χ4v) is 4.09. The van der Waals surface area contributed by atoms with Crippen LogP contribution in [0, 0.1) is 10.1 Å². The number of unbranched alkanes of at least 4 members (excludes halogenated alkanes) is 12. The number of ether oxygens (including phenoxy) is 6. The average Bonchev–Trinajstić information content (AvgIpc) is 2.96. The lowest BCUT2D eigenvalue weighted by atomic mass is 10.0. The van der Waals surface area contributed by atoms with Gasteiger partial charge in [-0.2, -0.15) is 0 Å². The van der Waals surface area contributed by atoms with Crippen LogP contribution in [0.15, 0.2) is 24.3 Å². The third kappa shape index (κ3) is 24.1. The Hall–Kier alpha value is -1.78. The van der Waals surface area contributed by atoms with Crippen molar-refractivity contribution in [2.45, 2.75) is 90.4 Å². The Morgan fingerprint density at radius 2 is 0.850 bits per heavy atom. The van der Waals surface area contributed by atoms with Crippen molar-refractivity contribution in [3.8, 4) is 5.75 Å². The van der Waals surface area contributed by atoms with Gasteiger partial charge >= 0.3 is 0 Å². The topological polar surface area (TPSA) is 98.5 Å². The summed E-state index contributed by atoms with van der Waals surface area (Å²) < 4.78 is 33.0. The molecule has 0 aliphatic carbocycles. The summed E-state index contributed by atoms with van der Waals surface area (Å²) >= 11 is 0. The summed E-state index contributed by atoms with van der Waals surface area (Å²) in [4.78, 5) is 10.2.